The summed E-state index contributed by atoms with van der Waals surface area (Å²) in [5, 5.41) is 9.87. The quantitative estimate of drug-likeness (QED) is 0.464. The fraction of sp³-hybridized carbons (Fsp3) is 1.00. The molecule has 0 rings (SSSR count). The second kappa shape index (κ2) is 12.5. The first-order chi connectivity index (χ1) is 7.31. The standard InChI is InChI=1S/C12H26BrNO/c1-14(11-12-15)10-8-6-4-2-3-5-7-9-13/h15H,2-12H2,1H3. The maximum absolute atomic E-state index is 8.71. The number of aliphatic hydroxyl groups excluding tert-OH is 1. The van der Waals surface area contributed by atoms with Crippen molar-refractivity contribution in [2.45, 2.75) is 44.9 Å². The van der Waals surface area contributed by atoms with Gasteiger partial charge in [0.15, 0.2) is 0 Å². The van der Waals surface area contributed by atoms with Gasteiger partial charge in [-0.15, -0.1) is 0 Å². The van der Waals surface area contributed by atoms with E-state index in [1.165, 1.54) is 44.9 Å². The van der Waals surface area contributed by atoms with Crippen LogP contribution in [0.15, 0.2) is 0 Å². The van der Waals surface area contributed by atoms with E-state index in [4.69, 9.17) is 5.11 Å². The van der Waals surface area contributed by atoms with E-state index in [2.05, 4.69) is 27.9 Å². The molecule has 0 radical (unpaired) electrons. The minimum Gasteiger partial charge on any atom is -0.395 e. The van der Waals surface area contributed by atoms with Crippen LogP contribution in [0.1, 0.15) is 44.9 Å². The number of hydrogen-bond donors (Lipinski definition) is 1. The number of aliphatic hydroxyl groups is 1. The smallest absolute Gasteiger partial charge is 0.0558 e. The maximum atomic E-state index is 8.71. The Morgan fingerprint density at radius 3 is 1.93 bits per heavy atom. The van der Waals surface area contributed by atoms with Crippen LogP contribution >= 0.6 is 15.9 Å². The summed E-state index contributed by atoms with van der Waals surface area (Å²) in [5.74, 6) is 0. The van der Waals surface area contributed by atoms with E-state index >= 15 is 0 Å². The molecule has 0 heterocycles. The Morgan fingerprint density at radius 1 is 0.867 bits per heavy atom. The Labute approximate surface area is 103 Å². The van der Waals surface area contributed by atoms with Gasteiger partial charge in [-0.3, -0.25) is 0 Å². The second-order valence-corrected chi connectivity index (χ2v) is 4.98. The summed E-state index contributed by atoms with van der Waals surface area (Å²) in [6.07, 6.45) is 9.44. The van der Waals surface area contributed by atoms with E-state index in [1.54, 1.807) is 0 Å². The van der Waals surface area contributed by atoms with Crippen molar-refractivity contribution in [3.63, 3.8) is 0 Å². The summed E-state index contributed by atoms with van der Waals surface area (Å²) < 4.78 is 0. The predicted molar refractivity (Wildman–Crippen MR) is 70.7 cm³/mol. The number of hydrogen-bond acceptors (Lipinski definition) is 2. The molecular weight excluding hydrogens is 254 g/mol. The topological polar surface area (TPSA) is 23.5 Å². The van der Waals surface area contributed by atoms with Gasteiger partial charge in [0.1, 0.15) is 0 Å². The Hall–Kier alpha value is 0.400. The number of halogens is 1. The molecule has 0 aliphatic rings. The van der Waals surface area contributed by atoms with E-state index in [0.717, 1.165) is 18.4 Å². The first-order valence-electron chi connectivity index (χ1n) is 6.16. The first kappa shape index (κ1) is 15.4. The number of nitrogens with zero attached hydrogens (tertiary/aromatic N) is 1. The third-order valence-corrected chi connectivity index (χ3v) is 3.22. The van der Waals surface area contributed by atoms with Crippen molar-refractivity contribution in [3.05, 3.63) is 0 Å². The normalized spacial score (nSPS) is 11.2. The zero-order valence-corrected chi connectivity index (χ0v) is 11.6. The van der Waals surface area contributed by atoms with Crippen LogP contribution in [0, 0.1) is 0 Å². The molecule has 0 bridgehead atoms. The van der Waals surface area contributed by atoms with Gasteiger partial charge >= 0.3 is 0 Å². The summed E-state index contributed by atoms with van der Waals surface area (Å²) in [6, 6.07) is 0. The highest BCUT2D eigenvalue weighted by Gasteiger charge is 1.96. The van der Waals surface area contributed by atoms with Crippen molar-refractivity contribution in [2.24, 2.45) is 0 Å². The van der Waals surface area contributed by atoms with Gasteiger partial charge in [-0.25, -0.2) is 0 Å². The minimum atomic E-state index is 0.281. The summed E-state index contributed by atoms with van der Waals surface area (Å²) in [4.78, 5) is 2.20. The maximum Gasteiger partial charge on any atom is 0.0558 e. The molecule has 0 aliphatic heterocycles. The molecule has 0 aliphatic carbocycles. The third kappa shape index (κ3) is 12.3. The highest BCUT2D eigenvalue weighted by atomic mass is 79.9. The number of alkyl halides is 1. The lowest BCUT2D eigenvalue weighted by atomic mass is 10.1. The predicted octanol–water partition coefficient (Wildman–Crippen LogP) is 3.04. The van der Waals surface area contributed by atoms with Gasteiger partial charge in [0, 0.05) is 11.9 Å². The van der Waals surface area contributed by atoms with Crippen LogP contribution in [0.3, 0.4) is 0 Å². The fourth-order valence-electron chi connectivity index (χ4n) is 1.64. The molecule has 0 spiro atoms. The van der Waals surface area contributed by atoms with Crippen molar-refractivity contribution < 1.29 is 5.11 Å². The molecule has 0 atom stereocenters. The molecular formula is C12H26BrNO. The van der Waals surface area contributed by atoms with Crippen molar-refractivity contribution in [2.75, 3.05) is 32.1 Å². The van der Waals surface area contributed by atoms with E-state index in [1.807, 2.05) is 0 Å². The molecule has 2 nitrogen and oxygen atoms in total. The molecule has 3 heteroatoms. The average molecular weight is 280 g/mol. The number of likely N-dealkylation sites (N-methyl/N-ethyl adjacent to an activating group) is 1. The van der Waals surface area contributed by atoms with Gasteiger partial charge in [-0.1, -0.05) is 48.0 Å². The van der Waals surface area contributed by atoms with Crippen LogP contribution in [-0.2, 0) is 0 Å². The molecule has 0 amide bonds. The first-order valence-corrected chi connectivity index (χ1v) is 7.28. The zero-order valence-electron chi connectivity index (χ0n) is 10.1. The number of unbranched alkanes of at least 4 members (excludes halogenated alkanes) is 6. The average Bonchev–Trinajstić information content (AvgIpc) is 2.22. The van der Waals surface area contributed by atoms with Crippen LogP contribution in [0.2, 0.25) is 0 Å². The summed E-state index contributed by atoms with van der Waals surface area (Å²) in [5.41, 5.74) is 0. The highest BCUT2D eigenvalue weighted by Crippen LogP contribution is 2.08. The molecule has 1 N–H and O–H groups in total. The molecule has 15 heavy (non-hydrogen) atoms. The van der Waals surface area contributed by atoms with Gasteiger partial charge in [0.25, 0.3) is 0 Å². The number of rotatable bonds is 11. The molecule has 92 valence electrons. The summed E-state index contributed by atoms with van der Waals surface area (Å²) in [7, 11) is 2.08. The van der Waals surface area contributed by atoms with Crippen LogP contribution < -0.4 is 0 Å². The van der Waals surface area contributed by atoms with Crippen LogP contribution in [-0.4, -0.2) is 42.1 Å². The monoisotopic (exact) mass is 279 g/mol. The Kier molecular flexibility index (Phi) is 12.8. The fourth-order valence-corrected chi connectivity index (χ4v) is 2.04. The Morgan fingerprint density at radius 2 is 1.40 bits per heavy atom. The van der Waals surface area contributed by atoms with Crippen molar-refractivity contribution >= 4 is 15.9 Å². The molecule has 0 saturated carbocycles. The molecule has 0 unspecified atom stereocenters. The van der Waals surface area contributed by atoms with Crippen molar-refractivity contribution in [3.8, 4) is 0 Å². The largest absolute Gasteiger partial charge is 0.395 e. The second-order valence-electron chi connectivity index (χ2n) is 4.19. The van der Waals surface area contributed by atoms with E-state index in [9.17, 15) is 0 Å². The minimum absolute atomic E-state index is 0.281. The molecule has 0 aromatic carbocycles. The van der Waals surface area contributed by atoms with E-state index in [0.29, 0.717) is 0 Å². The van der Waals surface area contributed by atoms with Gasteiger partial charge in [-0.2, -0.15) is 0 Å². The van der Waals surface area contributed by atoms with Crippen LogP contribution in [0.5, 0.6) is 0 Å². The lowest BCUT2D eigenvalue weighted by molar-refractivity contribution is 0.219. The van der Waals surface area contributed by atoms with Gasteiger partial charge in [0.2, 0.25) is 0 Å². The Balaban J connectivity index is 2.98. The zero-order chi connectivity index (χ0) is 11.4. The van der Waals surface area contributed by atoms with Gasteiger partial charge < -0.3 is 10.0 Å². The van der Waals surface area contributed by atoms with E-state index < -0.39 is 0 Å². The summed E-state index contributed by atoms with van der Waals surface area (Å²) >= 11 is 3.45. The highest BCUT2D eigenvalue weighted by molar-refractivity contribution is 9.09. The van der Waals surface area contributed by atoms with E-state index in [-0.39, 0.29) is 6.61 Å². The van der Waals surface area contributed by atoms with Crippen molar-refractivity contribution in [1.82, 2.24) is 4.90 Å². The third-order valence-electron chi connectivity index (χ3n) is 2.66. The van der Waals surface area contributed by atoms with Crippen LogP contribution in [0.25, 0.3) is 0 Å². The van der Waals surface area contributed by atoms with Gasteiger partial charge in [-0.05, 0) is 26.4 Å². The molecule has 0 aromatic heterocycles. The molecule has 0 aromatic rings. The van der Waals surface area contributed by atoms with Gasteiger partial charge in [0.05, 0.1) is 6.61 Å². The molecule has 0 saturated heterocycles. The summed E-state index contributed by atoms with van der Waals surface area (Å²) in [6.45, 7) is 2.22. The SMILES string of the molecule is CN(CCO)CCCCCCCCCBr. The lowest BCUT2D eigenvalue weighted by Gasteiger charge is -2.14. The van der Waals surface area contributed by atoms with Crippen LogP contribution in [0.4, 0.5) is 0 Å². The Bertz CT molecular complexity index is 122. The van der Waals surface area contributed by atoms with Crippen molar-refractivity contribution in [1.29, 1.82) is 0 Å². The molecule has 0 fully saturated rings. The lowest BCUT2D eigenvalue weighted by Crippen LogP contribution is -2.23.